The Morgan fingerprint density at radius 1 is 1.27 bits per heavy atom. The Labute approximate surface area is 131 Å². The number of sulfone groups is 1. The fraction of sp³-hybridized carbons (Fsp3) is 0.375. The zero-order chi connectivity index (χ0) is 16.4. The summed E-state index contributed by atoms with van der Waals surface area (Å²) < 4.78 is 28.9. The molecule has 0 aliphatic heterocycles. The van der Waals surface area contributed by atoms with Crippen molar-refractivity contribution in [2.45, 2.75) is 30.6 Å². The lowest BCUT2D eigenvalue weighted by Crippen LogP contribution is -2.08. The van der Waals surface area contributed by atoms with E-state index in [4.69, 9.17) is 5.26 Å². The Balaban J connectivity index is 2.56. The maximum Gasteiger partial charge on any atom is 0.305 e. The maximum atomic E-state index is 12.2. The van der Waals surface area contributed by atoms with E-state index in [1.807, 2.05) is 6.07 Å². The highest BCUT2D eigenvalue weighted by molar-refractivity contribution is 7.91. The summed E-state index contributed by atoms with van der Waals surface area (Å²) in [6.45, 7) is 0. The number of benzene rings is 1. The number of hydrogen-bond acceptors (Lipinski definition) is 5. The fourth-order valence-corrected chi connectivity index (χ4v) is 3.18. The molecule has 0 aliphatic rings. The van der Waals surface area contributed by atoms with E-state index in [9.17, 15) is 13.2 Å². The van der Waals surface area contributed by atoms with Crippen LogP contribution in [0.15, 0.2) is 46.9 Å². The van der Waals surface area contributed by atoms with Gasteiger partial charge in [0, 0.05) is 12.0 Å². The van der Waals surface area contributed by atoms with Crippen LogP contribution in [0.3, 0.4) is 0 Å². The first kappa shape index (κ1) is 17.9. The van der Waals surface area contributed by atoms with Crippen molar-refractivity contribution in [3.05, 3.63) is 42.0 Å². The summed E-state index contributed by atoms with van der Waals surface area (Å²) in [6, 6.07) is 9.99. The van der Waals surface area contributed by atoms with Gasteiger partial charge in [-0.1, -0.05) is 24.3 Å². The van der Waals surface area contributed by atoms with Crippen LogP contribution in [0, 0.1) is 11.3 Å². The predicted molar refractivity (Wildman–Crippen MR) is 82.7 cm³/mol. The molecule has 0 atom stereocenters. The van der Waals surface area contributed by atoms with Crippen molar-refractivity contribution < 1.29 is 17.9 Å². The van der Waals surface area contributed by atoms with Gasteiger partial charge in [0.05, 0.1) is 23.8 Å². The average molecular weight is 321 g/mol. The molecule has 1 aromatic carbocycles. The van der Waals surface area contributed by atoms with Gasteiger partial charge in [0.1, 0.15) is 0 Å². The van der Waals surface area contributed by atoms with Gasteiger partial charge in [-0.15, -0.1) is 0 Å². The third-order valence-corrected chi connectivity index (χ3v) is 4.73. The SMILES string of the molecule is COC(=O)CCCCC=C(C#N)CS(=O)(=O)c1ccccc1. The number of methoxy groups -OCH3 is 1. The minimum atomic E-state index is -3.50. The van der Waals surface area contributed by atoms with Gasteiger partial charge >= 0.3 is 5.97 Å². The molecule has 6 heteroatoms. The first-order chi connectivity index (χ1) is 10.5. The maximum absolute atomic E-state index is 12.2. The van der Waals surface area contributed by atoms with E-state index in [1.165, 1.54) is 19.2 Å². The molecule has 118 valence electrons. The van der Waals surface area contributed by atoms with Gasteiger partial charge in [0.25, 0.3) is 0 Å². The van der Waals surface area contributed by atoms with Gasteiger partial charge < -0.3 is 4.74 Å². The molecule has 5 nitrogen and oxygen atoms in total. The number of esters is 1. The van der Waals surface area contributed by atoms with E-state index < -0.39 is 9.84 Å². The number of carbonyl (C=O) groups is 1. The van der Waals surface area contributed by atoms with Gasteiger partial charge in [-0.2, -0.15) is 5.26 Å². The highest BCUT2D eigenvalue weighted by atomic mass is 32.2. The summed E-state index contributed by atoms with van der Waals surface area (Å²) in [5.41, 5.74) is 0.224. The number of unbranched alkanes of at least 4 members (excludes halogenated alkanes) is 2. The highest BCUT2D eigenvalue weighted by Crippen LogP contribution is 2.14. The van der Waals surface area contributed by atoms with Crippen molar-refractivity contribution in [2.24, 2.45) is 0 Å². The number of rotatable bonds is 8. The number of nitriles is 1. The standard InChI is InChI=1S/C16H19NO4S/c1-21-16(18)11-7-2-4-8-14(12-17)13-22(19,20)15-9-5-3-6-10-15/h3,5-6,8-10H,2,4,7,11,13H2,1H3. The van der Waals surface area contributed by atoms with Gasteiger partial charge in [-0.3, -0.25) is 4.79 Å². The van der Waals surface area contributed by atoms with Gasteiger partial charge in [-0.25, -0.2) is 8.42 Å². The lowest BCUT2D eigenvalue weighted by Gasteiger charge is -2.03. The van der Waals surface area contributed by atoms with E-state index in [0.717, 1.165) is 0 Å². The lowest BCUT2D eigenvalue weighted by molar-refractivity contribution is -0.140. The van der Waals surface area contributed by atoms with Crippen LogP contribution in [0.5, 0.6) is 0 Å². The molecule has 0 amide bonds. The topological polar surface area (TPSA) is 84.2 Å². The third kappa shape index (κ3) is 6.10. The van der Waals surface area contributed by atoms with E-state index in [2.05, 4.69) is 4.74 Å². The summed E-state index contributed by atoms with van der Waals surface area (Å²) in [5, 5.41) is 9.06. The summed E-state index contributed by atoms with van der Waals surface area (Å²) in [6.07, 6.45) is 3.86. The molecule has 0 aromatic heterocycles. The molecule has 0 spiro atoms. The molecule has 0 saturated carbocycles. The smallest absolute Gasteiger partial charge is 0.305 e. The third-order valence-electron chi connectivity index (χ3n) is 3.04. The zero-order valence-corrected chi connectivity index (χ0v) is 13.3. The van der Waals surface area contributed by atoms with Gasteiger partial charge in [0.15, 0.2) is 9.84 Å². The largest absolute Gasteiger partial charge is 0.469 e. The van der Waals surface area contributed by atoms with Crippen LogP contribution >= 0.6 is 0 Å². The van der Waals surface area contributed by atoms with Crippen LogP contribution in [-0.2, 0) is 19.4 Å². The minimum Gasteiger partial charge on any atom is -0.469 e. The van der Waals surface area contributed by atoms with Crippen LogP contribution in [0.4, 0.5) is 0 Å². The number of carbonyl (C=O) groups excluding carboxylic acids is 1. The van der Waals surface area contributed by atoms with Crippen LogP contribution in [0.1, 0.15) is 25.7 Å². The van der Waals surface area contributed by atoms with E-state index in [0.29, 0.717) is 25.7 Å². The van der Waals surface area contributed by atoms with Crippen molar-refractivity contribution >= 4 is 15.8 Å². The quantitative estimate of drug-likeness (QED) is 0.417. The summed E-state index contributed by atoms with van der Waals surface area (Å²) in [5.74, 6) is -0.569. The Morgan fingerprint density at radius 2 is 1.95 bits per heavy atom. The second-order valence-corrected chi connectivity index (χ2v) is 6.72. The van der Waals surface area contributed by atoms with Crippen LogP contribution in [0.2, 0.25) is 0 Å². The zero-order valence-electron chi connectivity index (χ0n) is 12.5. The number of ether oxygens (including phenoxy) is 1. The van der Waals surface area contributed by atoms with Crippen LogP contribution in [0.25, 0.3) is 0 Å². The number of nitrogens with zero attached hydrogens (tertiary/aromatic N) is 1. The average Bonchev–Trinajstić information content (AvgIpc) is 2.53. The van der Waals surface area contributed by atoms with Gasteiger partial charge in [0.2, 0.25) is 0 Å². The normalized spacial score (nSPS) is 11.7. The second-order valence-electron chi connectivity index (χ2n) is 4.74. The molecule has 0 unspecified atom stereocenters. The number of hydrogen-bond donors (Lipinski definition) is 0. The van der Waals surface area contributed by atoms with E-state index >= 15 is 0 Å². The van der Waals surface area contributed by atoms with Crippen molar-refractivity contribution in [1.82, 2.24) is 0 Å². The molecule has 1 rings (SSSR count). The molecule has 0 N–H and O–H groups in total. The lowest BCUT2D eigenvalue weighted by atomic mass is 10.1. The van der Waals surface area contributed by atoms with Crippen molar-refractivity contribution in [3.63, 3.8) is 0 Å². The van der Waals surface area contributed by atoms with E-state index in [-0.39, 0.29) is 22.2 Å². The Kier molecular flexibility index (Phi) is 7.33. The molecule has 0 heterocycles. The Bertz CT molecular complexity index is 657. The van der Waals surface area contributed by atoms with Crippen molar-refractivity contribution in [3.8, 4) is 6.07 Å². The summed E-state index contributed by atoms with van der Waals surface area (Å²) in [4.78, 5) is 11.2. The summed E-state index contributed by atoms with van der Waals surface area (Å²) >= 11 is 0. The Morgan fingerprint density at radius 3 is 2.55 bits per heavy atom. The predicted octanol–water partition coefficient (Wildman–Crippen LogP) is 2.64. The highest BCUT2D eigenvalue weighted by Gasteiger charge is 2.16. The molecule has 1 aromatic rings. The molecule has 22 heavy (non-hydrogen) atoms. The molecule has 0 bridgehead atoms. The first-order valence-corrected chi connectivity index (χ1v) is 8.58. The van der Waals surface area contributed by atoms with Gasteiger partial charge in [-0.05, 0) is 31.4 Å². The molecule has 0 aliphatic carbocycles. The van der Waals surface area contributed by atoms with Crippen LogP contribution in [-0.4, -0.2) is 27.2 Å². The van der Waals surface area contributed by atoms with Crippen molar-refractivity contribution in [1.29, 1.82) is 5.26 Å². The van der Waals surface area contributed by atoms with Crippen molar-refractivity contribution in [2.75, 3.05) is 12.9 Å². The molecular weight excluding hydrogens is 302 g/mol. The number of allylic oxidation sites excluding steroid dienone is 1. The summed E-state index contributed by atoms with van der Waals surface area (Å²) in [7, 11) is -2.16. The first-order valence-electron chi connectivity index (χ1n) is 6.93. The Hall–Kier alpha value is -2.13. The fourth-order valence-electron chi connectivity index (χ4n) is 1.84. The minimum absolute atomic E-state index is 0.210. The molecule has 0 saturated heterocycles. The molecule has 0 radical (unpaired) electrons. The van der Waals surface area contributed by atoms with Crippen LogP contribution < -0.4 is 0 Å². The van der Waals surface area contributed by atoms with E-state index in [1.54, 1.807) is 24.3 Å². The molecular formula is C16H19NO4S. The molecule has 0 fully saturated rings. The second kappa shape index (κ2) is 9.00. The monoisotopic (exact) mass is 321 g/mol.